The van der Waals surface area contributed by atoms with Gasteiger partial charge in [-0.25, -0.2) is 18.0 Å². The predicted molar refractivity (Wildman–Crippen MR) is 150 cm³/mol. The van der Waals surface area contributed by atoms with Gasteiger partial charge in [0, 0.05) is 31.4 Å². The summed E-state index contributed by atoms with van der Waals surface area (Å²) in [6, 6.07) is 1.23. The van der Waals surface area contributed by atoms with Gasteiger partial charge in [0.1, 0.15) is 23.5 Å². The van der Waals surface area contributed by atoms with Gasteiger partial charge in [-0.2, -0.15) is 9.97 Å². The molecule has 3 heterocycles. The average molecular weight is 649 g/mol. The summed E-state index contributed by atoms with van der Waals surface area (Å²) in [5, 5.41) is 0.513. The molecule has 40 heavy (non-hydrogen) atoms. The zero-order valence-corrected chi connectivity index (χ0v) is 25.8. The lowest BCUT2D eigenvalue weighted by molar-refractivity contribution is -0.00285. The topological polar surface area (TPSA) is 71.0 Å². The highest BCUT2D eigenvalue weighted by Crippen LogP contribution is 2.60. The van der Waals surface area contributed by atoms with Gasteiger partial charge in [0.25, 0.3) is 5.92 Å². The van der Waals surface area contributed by atoms with Crippen LogP contribution in [0.2, 0.25) is 5.02 Å². The molecular weight excluding hydrogens is 615 g/mol. The van der Waals surface area contributed by atoms with Gasteiger partial charge in [-0.05, 0) is 76.6 Å². The fraction of sp³-hybridized carbons (Fsp3) is 0.667. The molecule has 0 radical (unpaired) electrons. The van der Waals surface area contributed by atoms with Gasteiger partial charge in [-0.3, -0.25) is 4.90 Å². The van der Waals surface area contributed by atoms with Crippen molar-refractivity contribution in [2.24, 2.45) is 5.41 Å². The van der Waals surface area contributed by atoms with Crippen LogP contribution in [0.4, 0.5) is 23.8 Å². The SMILES string of the molecule is CN(C)C[C@@]1(COc2nc(N3C[C@H]4CC[C@](C)(C3)N4C(=O)OC(C)(C)C)c3cc(Cl)c(Br)c(F)c3n2)CC1(F)F. The third-order valence-corrected chi connectivity index (χ3v) is 9.21. The Labute approximate surface area is 245 Å². The van der Waals surface area contributed by atoms with Gasteiger partial charge in [0.2, 0.25) is 0 Å². The molecule has 3 fully saturated rings. The van der Waals surface area contributed by atoms with Gasteiger partial charge < -0.3 is 19.3 Å². The molecule has 1 amide bonds. The molecule has 3 aliphatic rings. The lowest BCUT2D eigenvalue weighted by Gasteiger charge is -2.47. The summed E-state index contributed by atoms with van der Waals surface area (Å²) < 4.78 is 55.7. The van der Waals surface area contributed by atoms with Crippen LogP contribution in [0.1, 0.15) is 47.0 Å². The Balaban J connectivity index is 1.50. The van der Waals surface area contributed by atoms with E-state index < -0.39 is 28.3 Å². The Morgan fingerprint density at radius 3 is 2.55 bits per heavy atom. The van der Waals surface area contributed by atoms with E-state index in [2.05, 4.69) is 25.9 Å². The van der Waals surface area contributed by atoms with Crippen LogP contribution in [0.25, 0.3) is 10.9 Å². The fourth-order valence-corrected chi connectivity index (χ4v) is 6.57. The molecule has 8 nitrogen and oxygen atoms in total. The van der Waals surface area contributed by atoms with Gasteiger partial charge in [-0.1, -0.05) is 11.6 Å². The van der Waals surface area contributed by atoms with E-state index in [9.17, 15) is 13.6 Å². The smallest absolute Gasteiger partial charge is 0.411 e. The monoisotopic (exact) mass is 647 g/mol. The summed E-state index contributed by atoms with van der Waals surface area (Å²) in [5.41, 5.74) is -2.59. The molecule has 2 aliphatic heterocycles. The molecule has 1 aliphatic carbocycles. The van der Waals surface area contributed by atoms with Crippen molar-refractivity contribution in [2.45, 2.75) is 70.1 Å². The standard InChI is InChI=1S/C27H34BrClF3N5O3/c1-24(2,3)40-23(38)37-15-7-8-25(37,4)12-36(10-15)21-16-9-17(29)18(28)19(30)20(16)33-22(34-21)39-14-26(13-35(5)6)11-27(26,31)32/h9,15H,7-8,10-14H2,1-6H3/t15-,25-,26-/m1/s1. The van der Waals surface area contributed by atoms with E-state index in [1.165, 1.54) is 0 Å². The highest BCUT2D eigenvalue weighted by atomic mass is 79.9. The molecule has 1 aromatic carbocycles. The maximum Gasteiger partial charge on any atom is 0.411 e. The molecule has 0 unspecified atom stereocenters. The molecular formula is C27H34BrClF3N5O3. The first-order valence-corrected chi connectivity index (χ1v) is 14.4. The number of alkyl halides is 2. The van der Waals surface area contributed by atoms with Crippen LogP contribution in [-0.2, 0) is 4.74 Å². The van der Waals surface area contributed by atoms with Crippen LogP contribution >= 0.6 is 27.5 Å². The maximum absolute atomic E-state index is 15.4. The van der Waals surface area contributed by atoms with Crippen molar-refractivity contribution in [3.63, 3.8) is 0 Å². The van der Waals surface area contributed by atoms with Crippen molar-refractivity contribution in [2.75, 3.05) is 45.2 Å². The van der Waals surface area contributed by atoms with E-state index >= 15 is 4.39 Å². The summed E-state index contributed by atoms with van der Waals surface area (Å²) in [6.45, 7) is 8.11. The summed E-state index contributed by atoms with van der Waals surface area (Å²) in [7, 11) is 3.45. The number of fused-ring (bicyclic) bond motifs is 3. The third-order valence-electron chi connectivity index (χ3n) is 7.91. The second-order valence-corrected chi connectivity index (χ2v) is 14.0. The van der Waals surface area contributed by atoms with Crippen LogP contribution in [-0.4, -0.2) is 89.3 Å². The molecule has 3 atom stereocenters. The van der Waals surface area contributed by atoms with Crippen molar-refractivity contribution < 1.29 is 27.4 Å². The zero-order valence-electron chi connectivity index (χ0n) is 23.5. The van der Waals surface area contributed by atoms with E-state index in [1.54, 1.807) is 30.0 Å². The van der Waals surface area contributed by atoms with E-state index in [0.29, 0.717) is 24.3 Å². The minimum absolute atomic E-state index is 0.0347. The molecule has 220 valence electrons. The highest BCUT2D eigenvalue weighted by Gasteiger charge is 2.71. The number of rotatable bonds is 6. The van der Waals surface area contributed by atoms with E-state index in [1.807, 2.05) is 32.6 Å². The molecule has 5 rings (SSSR count). The van der Waals surface area contributed by atoms with Crippen LogP contribution < -0.4 is 9.64 Å². The molecule has 1 aromatic heterocycles. The Bertz CT molecular complexity index is 1360. The number of ether oxygens (including phenoxy) is 2. The number of hydrogen-bond donors (Lipinski definition) is 0. The van der Waals surface area contributed by atoms with Crippen molar-refractivity contribution in [3.05, 3.63) is 21.4 Å². The number of halogens is 5. The number of carbonyl (C=O) groups excluding carboxylic acids is 1. The Morgan fingerprint density at radius 2 is 1.98 bits per heavy atom. The molecule has 13 heteroatoms. The predicted octanol–water partition coefficient (Wildman–Crippen LogP) is 6.13. The second-order valence-electron chi connectivity index (χ2n) is 12.8. The maximum atomic E-state index is 15.4. The highest BCUT2D eigenvalue weighted by molar-refractivity contribution is 9.10. The number of anilines is 1. The summed E-state index contributed by atoms with van der Waals surface area (Å²) >= 11 is 9.50. The largest absolute Gasteiger partial charge is 0.463 e. The van der Waals surface area contributed by atoms with Gasteiger partial charge in [0.15, 0.2) is 5.82 Å². The molecule has 2 bridgehead atoms. The summed E-state index contributed by atoms with van der Waals surface area (Å²) in [5.74, 6) is -3.19. The zero-order chi connectivity index (χ0) is 29.4. The number of carbonyl (C=O) groups is 1. The lowest BCUT2D eigenvalue weighted by Crippen LogP contribution is -2.63. The van der Waals surface area contributed by atoms with Gasteiger partial charge in [0.05, 0.1) is 26.5 Å². The number of nitrogens with zero attached hydrogens (tertiary/aromatic N) is 5. The molecule has 1 saturated carbocycles. The van der Waals surface area contributed by atoms with Crippen LogP contribution in [0.15, 0.2) is 10.5 Å². The molecule has 0 N–H and O–H groups in total. The number of hydrogen-bond acceptors (Lipinski definition) is 7. The lowest BCUT2D eigenvalue weighted by atomic mass is 9.97. The van der Waals surface area contributed by atoms with Crippen molar-refractivity contribution in [1.29, 1.82) is 0 Å². The number of piperazine rings is 1. The van der Waals surface area contributed by atoms with E-state index in [-0.39, 0.29) is 52.7 Å². The first kappa shape index (κ1) is 29.4. The summed E-state index contributed by atoms with van der Waals surface area (Å²) in [4.78, 5) is 27.5. The number of benzene rings is 1. The van der Waals surface area contributed by atoms with Gasteiger partial charge >= 0.3 is 12.1 Å². The fourth-order valence-electron chi connectivity index (χ4n) is 6.07. The van der Waals surface area contributed by atoms with Crippen LogP contribution in [0.5, 0.6) is 6.01 Å². The molecule has 2 aromatic rings. The molecule has 0 spiro atoms. The van der Waals surface area contributed by atoms with Crippen LogP contribution in [0, 0.1) is 11.2 Å². The van der Waals surface area contributed by atoms with E-state index in [0.717, 1.165) is 12.8 Å². The molecule has 2 saturated heterocycles. The Hall–Kier alpha value is -2.05. The van der Waals surface area contributed by atoms with Crippen LogP contribution in [0.3, 0.4) is 0 Å². The Kier molecular flexibility index (Phi) is 7.18. The first-order chi connectivity index (χ1) is 18.5. The van der Waals surface area contributed by atoms with Crippen molar-refractivity contribution in [1.82, 2.24) is 19.8 Å². The third kappa shape index (κ3) is 5.19. The minimum atomic E-state index is -2.87. The normalized spacial score (nSPS) is 27.4. The van der Waals surface area contributed by atoms with Gasteiger partial charge in [-0.15, -0.1) is 0 Å². The van der Waals surface area contributed by atoms with Crippen molar-refractivity contribution >= 4 is 50.3 Å². The Morgan fingerprint density at radius 1 is 1.30 bits per heavy atom. The second kappa shape index (κ2) is 9.76. The minimum Gasteiger partial charge on any atom is -0.463 e. The van der Waals surface area contributed by atoms with Crippen molar-refractivity contribution in [3.8, 4) is 6.01 Å². The quantitative estimate of drug-likeness (QED) is 0.349. The number of amides is 1. The van der Waals surface area contributed by atoms with E-state index in [4.69, 9.17) is 21.1 Å². The number of aromatic nitrogens is 2. The average Bonchev–Trinajstić information content (AvgIpc) is 3.27. The summed E-state index contributed by atoms with van der Waals surface area (Å²) in [6.07, 6.45) is 0.841. The first-order valence-electron chi connectivity index (χ1n) is 13.2.